The molecule has 0 aliphatic rings. The van der Waals surface area contributed by atoms with Crippen molar-refractivity contribution in [3.05, 3.63) is 12.2 Å². The van der Waals surface area contributed by atoms with Gasteiger partial charge in [-0.3, -0.25) is 0 Å². The summed E-state index contributed by atoms with van der Waals surface area (Å²) in [7, 11) is -3.95. The lowest BCUT2D eigenvalue weighted by Crippen LogP contribution is -2.52. The zero-order valence-electron chi connectivity index (χ0n) is 12.9. The van der Waals surface area contributed by atoms with Crippen LogP contribution in [0.4, 0.5) is 0 Å². The van der Waals surface area contributed by atoms with E-state index < -0.39 is 16.3 Å². The summed E-state index contributed by atoms with van der Waals surface area (Å²) in [6.45, 7) is 11.9. The fraction of sp³-hybridized carbons (Fsp3) is 0.769. The summed E-state index contributed by atoms with van der Waals surface area (Å²) in [5.74, 6) is -1.13. The lowest BCUT2D eigenvalue weighted by atomic mass is 10.2. The number of rotatable bonds is 8. The molecule has 0 saturated carbocycles. The van der Waals surface area contributed by atoms with Crippen LogP contribution in [0.1, 0.15) is 47.0 Å². The predicted octanol–water partition coefficient (Wildman–Crippen LogP) is 1.15. The number of carboxylic acids is 1. The second-order valence-electron chi connectivity index (χ2n) is 4.50. The minimum absolute atomic E-state index is 0.188. The second-order valence-corrected chi connectivity index (χ2v) is 6.17. The third kappa shape index (κ3) is 7.02. The number of hydrogen-bond acceptors (Lipinski definition) is 4. The molecule has 0 amide bonds. The maximum Gasteiger partial charge on any atom is 0.432 e. The quantitative estimate of drug-likeness (QED) is 0.412. The molecule has 0 rings (SSSR count). The molecule has 0 fully saturated rings. The summed E-state index contributed by atoms with van der Waals surface area (Å²) in [5.41, 5.74) is 0.188. The van der Waals surface area contributed by atoms with Gasteiger partial charge in [0.05, 0.1) is 25.6 Å². The molecule has 0 atom stereocenters. The Morgan fingerprint density at radius 3 is 1.70 bits per heavy atom. The molecule has 0 aromatic rings. The number of nitrogens with zero attached hydrogens (tertiary/aromatic N) is 1. The van der Waals surface area contributed by atoms with Crippen LogP contribution >= 0.6 is 0 Å². The van der Waals surface area contributed by atoms with Crippen LogP contribution in [-0.2, 0) is 15.1 Å². The van der Waals surface area contributed by atoms with Crippen molar-refractivity contribution in [2.24, 2.45) is 0 Å². The van der Waals surface area contributed by atoms with Gasteiger partial charge in [0.25, 0.3) is 0 Å². The van der Waals surface area contributed by atoms with Crippen molar-refractivity contribution in [2.75, 3.05) is 19.6 Å². The van der Waals surface area contributed by atoms with Crippen molar-refractivity contribution in [1.82, 2.24) is 0 Å². The molecular weight excluding hydrogens is 282 g/mol. The van der Waals surface area contributed by atoms with E-state index in [1.807, 2.05) is 13.8 Å². The second kappa shape index (κ2) is 9.90. The Hall–Kier alpha value is -0.920. The molecule has 120 valence electrons. The summed E-state index contributed by atoms with van der Waals surface area (Å²) >= 11 is 0. The molecule has 0 aliphatic heterocycles. The standard InChI is InChI=1S/C7H17NO3S.C6H10O2/c1-4-7-8(5-2,6-3)12(9,10)11;1-3-4-5(2)6(7)8/h4-7H2,1-3H3;2-4H2,1H3,(H,7,8). The molecule has 7 heteroatoms. The van der Waals surface area contributed by atoms with Gasteiger partial charge in [0, 0.05) is 0 Å². The van der Waals surface area contributed by atoms with E-state index in [0.29, 0.717) is 26.1 Å². The number of aliphatic carboxylic acids is 1. The summed E-state index contributed by atoms with van der Waals surface area (Å²) in [5, 5.41) is 9.88. The number of hydrogen-bond donors (Lipinski definition) is 1. The maximum atomic E-state index is 11.0. The van der Waals surface area contributed by atoms with Crippen molar-refractivity contribution in [3.63, 3.8) is 0 Å². The zero-order valence-corrected chi connectivity index (χ0v) is 13.7. The van der Waals surface area contributed by atoms with E-state index in [1.54, 1.807) is 13.8 Å². The van der Waals surface area contributed by atoms with E-state index in [-0.39, 0.29) is 9.46 Å². The molecule has 6 nitrogen and oxygen atoms in total. The summed E-state index contributed by atoms with van der Waals surface area (Å²) in [6.07, 6.45) is 2.09. The van der Waals surface area contributed by atoms with E-state index in [0.717, 1.165) is 12.8 Å². The molecule has 0 spiro atoms. The van der Waals surface area contributed by atoms with Gasteiger partial charge in [-0.05, 0) is 32.3 Å². The third-order valence-electron chi connectivity index (χ3n) is 3.11. The van der Waals surface area contributed by atoms with Gasteiger partial charge in [0.15, 0.2) is 0 Å². The minimum atomic E-state index is -3.95. The maximum absolute atomic E-state index is 11.0. The largest absolute Gasteiger partial charge is 0.545 e. The monoisotopic (exact) mass is 309 g/mol. The van der Waals surface area contributed by atoms with E-state index in [1.165, 1.54) is 0 Å². The van der Waals surface area contributed by atoms with Gasteiger partial charge < -0.3 is 9.90 Å². The van der Waals surface area contributed by atoms with Crippen LogP contribution in [0, 0.1) is 0 Å². The molecule has 0 aliphatic carbocycles. The first kappa shape index (κ1) is 21.4. The molecule has 0 radical (unpaired) electrons. The van der Waals surface area contributed by atoms with Gasteiger partial charge in [-0.2, -0.15) is 3.89 Å². The molecule has 0 bridgehead atoms. The normalized spacial score (nSPS) is 11.4. The van der Waals surface area contributed by atoms with Gasteiger partial charge in [0.2, 0.25) is 0 Å². The lowest BCUT2D eigenvalue weighted by molar-refractivity contribution is -0.807. The highest BCUT2D eigenvalue weighted by atomic mass is 32.2. The van der Waals surface area contributed by atoms with E-state index in [4.69, 9.17) is 4.55 Å². The number of carbonyl (C=O) groups is 1. The molecule has 0 aromatic heterocycles. The zero-order chi connectivity index (χ0) is 16.4. The van der Waals surface area contributed by atoms with Crippen LogP contribution in [0.15, 0.2) is 12.2 Å². The first-order valence-electron chi connectivity index (χ1n) is 6.84. The average Bonchev–Trinajstić information content (AvgIpc) is 2.35. The minimum Gasteiger partial charge on any atom is -0.545 e. The van der Waals surface area contributed by atoms with Gasteiger partial charge in [0.1, 0.15) is 0 Å². The van der Waals surface area contributed by atoms with Crippen molar-refractivity contribution in [3.8, 4) is 0 Å². The lowest BCUT2D eigenvalue weighted by Gasteiger charge is -2.31. The van der Waals surface area contributed by atoms with Crippen LogP contribution in [0.2, 0.25) is 0 Å². The van der Waals surface area contributed by atoms with Gasteiger partial charge in [-0.25, -0.2) is 4.55 Å². The Morgan fingerprint density at radius 2 is 1.60 bits per heavy atom. The van der Waals surface area contributed by atoms with E-state index >= 15 is 0 Å². The van der Waals surface area contributed by atoms with E-state index in [2.05, 4.69) is 6.58 Å². The van der Waals surface area contributed by atoms with Crippen LogP contribution in [0.25, 0.3) is 0 Å². The third-order valence-corrected chi connectivity index (χ3v) is 4.79. The predicted molar refractivity (Wildman–Crippen MR) is 77.1 cm³/mol. The molecule has 20 heavy (non-hydrogen) atoms. The van der Waals surface area contributed by atoms with Crippen molar-refractivity contribution < 1.29 is 26.8 Å². The molecule has 0 aromatic carbocycles. The number of quaternary nitrogens is 1. The summed E-state index contributed by atoms with van der Waals surface area (Å²) in [6, 6.07) is 0. The summed E-state index contributed by atoms with van der Waals surface area (Å²) in [4.78, 5) is 9.88. The fourth-order valence-corrected chi connectivity index (χ4v) is 2.86. The molecule has 1 N–H and O–H groups in total. The molecule has 0 unspecified atom stereocenters. The van der Waals surface area contributed by atoms with Crippen LogP contribution in [-0.4, -0.2) is 42.5 Å². The Labute approximate surface area is 122 Å². The van der Waals surface area contributed by atoms with Gasteiger partial charge in [-0.15, -0.1) is 8.42 Å². The SMILES string of the molecule is C=C(CCC)C(=O)[O-].CCC[N+](CC)(CC)S(=O)(=O)O. The topological polar surface area (TPSA) is 94.5 Å². The van der Waals surface area contributed by atoms with Crippen molar-refractivity contribution >= 4 is 16.3 Å². The van der Waals surface area contributed by atoms with Gasteiger partial charge >= 0.3 is 10.3 Å². The molecule has 0 heterocycles. The fourth-order valence-electron chi connectivity index (χ4n) is 1.79. The van der Waals surface area contributed by atoms with Crippen LogP contribution in [0.3, 0.4) is 0 Å². The highest BCUT2D eigenvalue weighted by Gasteiger charge is 2.36. The Kier molecular flexibility index (Phi) is 10.6. The number of carboxylic acid groups (broad SMARTS) is 1. The van der Waals surface area contributed by atoms with Gasteiger partial charge in [-0.1, -0.05) is 26.8 Å². The molecular formula is C13H27NO5S. The van der Waals surface area contributed by atoms with Crippen molar-refractivity contribution in [2.45, 2.75) is 47.0 Å². The highest BCUT2D eigenvalue weighted by Crippen LogP contribution is 2.13. The first-order valence-corrected chi connectivity index (χ1v) is 8.24. The van der Waals surface area contributed by atoms with Crippen molar-refractivity contribution in [1.29, 1.82) is 0 Å². The molecule has 0 saturated heterocycles. The van der Waals surface area contributed by atoms with Crippen LogP contribution in [0.5, 0.6) is 0 Å². The Bertz CT molecular complexity index is 399. The average molecular weight is 309 g/mol. The Morgan fingerprint density at radius 1 is 1.15 bits per heavy atom. The summed E-state index contributed by atoms with van der Waals surface area (Å²) < 4.78 is 30.9. The van der Waals surface area contributed by atoms with E-state index in [9.17, 15) is 18.3 Å². The smallest absolute Gasteiger partial charge is 0.432 e. The van der Waals surface area contributed by atoms with Crippen LogP contribution < -0.4 is 5.11 Å². The first-order chi connectivity index (χ1) is 9.11. The highest BCUT2D eigenvalue weighted by molar-refractivity contribution is 7.80. The Balaban J connectivity index is 0. The number of carbonyl (C=O) groups excluding carboxylic acids is 1.